The van der Waals surface area contributed by atoms with Gasteiger partial charge in [-0.25, -0.2) is 13.4 Å². The third-order valence-electron chi connectivity index (χ3n) is 4.13. The summed E-state index contributed by atoms with van der Waals surface area (Å²) < 4.78 is 38.3. The molecule has 2 N–H and O–H groups in total. The lowest BCUT2D eigenvalue weighted by atomic mass is 10.3. The average molecular weight is 480 g/mol. The topological polar surface area (TPSA) is 107 Å². The van der Waals surface area contributed by atoms with Crippen molar-refractivity contribution >= 4 is 49.8 Å². The van der Waals surface area contributed by atoms with Crippen LogP contribution in [0.4, 0.5) is 10.8 Å². The van der Waals surface area contributed by atoms with Crippen molar-refractivity contribution < 1.29 is 22.7 Å². The van der Waals surface area contributed by atoms with Gasteiger partial charge in [0.05, 0.1) is 12.0 Å². The number of hydrogen-bond acceptors (Lipinski definition) is 8. The van der Waals surface area contributed by atoms with Gasteiger partial charge in [0.1, 0.15) is 0 Å². The van der Waals surface area contributed by atoms with E-state index in [1.807, 2.05) is 18.4 Å². The van der Waals surface area contributed by atoms with Gasteiger partial charge in [0, 0.05) is 22.2 Å². The molecule has 3 aromatic rings. The number of amides is 1. The van der Waals surface area contributed by atoms with Crippen molar-refractivity contribution in [1.82, 2.24) is 4.98 Å². The summed E-state index contributed by atoms with van der Waals surface area (Å²) in [4.78, 5) is 17.5. The Labute approximate surface area is 189 Å². The standard InChI is InChI=1S/C20H21N3O5S3/c1-13(28-17-9-6-15(29-3)12-18(17)27-2)19(24)22-14-4-7-16(8-5-14)31(25,26)23-20-21-10-11-30-20/h4-13H,1-3H3,(H,21,23)(H,22,24). The third kappa shape index (κ3) is 5.90. The van der Waals surface area contributed by atoms with E-state index in [1.54, 1.807) is 30.1 Å². The number of methoxy groups -OCH3 is 1. The highest BCUT2D eigenvalue weighted by Crippen LogP contribution is 2.32. The Morgan fingerprint density at radius 1 is 1.16 bits per heavy atom. The molecular weight excluding hydrogens is 458 g/mol. The number of thioether (sulfide) groups is 1. The van der Waals surface area contributed by atoms with Crippen LogP contribution in [0.5, 0.6) is 11.5 Å². The monoisotopic (exact) mass is 479 g/mol. The van der Waals surface area contributed by atoms with Crippen molar-refractivity contribution in [1.29, 1.82) is 0 Å². The Morgan fingerprint density at radius 2 is 1.90 bits per heavy atom. The number of hydrogen-bond donors (Lipinski definition) is 2. The normalized spacial score (nSPS) is 12.1. The number of carbonyl (C=O) groups excluding carboxylic acids is 1. The zero-order chi connectivity index (χ0) is 22.4. The van der Waals surface area contributed by atoms with Gasteiger partial charge in [-0.05, 0) is 55.6 Å². The van der Waals surface area contributed by atoms with Gasteiger partial charge in [0.2, 0.25) is 0 Å². The Kier molecular flexibility index (Phi) is 7.42. The molecule has 0 aliphatic heterocycles. The van der Waals surface area contributed by atoms with Crippen LogP contribution in [-0.2, 0) is 14.8 Å². The molecule has 8 nitrogen and oxygen atoms in total. The van der Waals surface area contributed by atoms with Crippen LogP contribution in [0.25, 0.3) is 0 Å². The summed E-state index contributed by atoms with van der Waals surface area (Å²) in [5.41, 5.74) is 0.443. The van der Waals surface area contributed by atoms with E-state index in [0.717, 1.165) is 4.90 Å². The zero-order valence-corrected chi connectivity index (χ0v) is 19.4. The molecule has 31 heavy (non-hydrogen) atoms. The van der Waals surface area contributed by atoms with Crippen molar-refractivity contribution in [3.8, 4) is 11.5 Å². The minimum Gasteiger partial charge on any atom is -0.493 e. The van der Waals surface area contributed by atoms with E-state index in [2.05, 4.69) is 15.0 Å². The zero-order valence-electron chi connectivity index (χ0n) is 17.0. The molecule has 11 heteroatoms. The largest absolute Gasteiger partial charge is 0.493 e. The van der Waals surface area contributed by atoms with E-state index in [9.17, 15) is 13.2 Å². The molecule has 1 unspecified atom stereocenters. The molecule has 0 radical (unpaired) electrons. The summed E-state index contributed by atoms with van der Waals surface area (Å²) in [6, 6.07) is 11.3. The smallest absolute Gasteiger partial charge is 0.265 e. The van der Waals surface area contributed by atoms with Crippen LogP contribution in [-0.4, -0.2) is 38.8 Å². The first kappa shape index (κ1) is 22.9. The molecular formula is C20H21N3O5S3. The summed E-state index contributed by atoms with van der Waals surface area (Å²) >= 11 is 2.75. The molecule has 1 aromatic heterocycles. The van der Waals surface area contributed by atoms with Crippen molar-refractivity contribution in [2.24, 2.45) is 0 Å². The fraction of sp³-hybridized carbons (Fsp3) is 0.200. The van der Waals surface area contributed by atoms with E-state index in [4.69, 9.17) is 9.47 Å². The van der Waals surface area contributed by atoms with Gasteiger partial charge in [-0.15, -0.1) is 23.1 Å². The first-order chi connectivity index (χ1) is 14.8. The van der Waals surface area contributed by atoms with E-state index in [1.165, 1.54) is 48.9 Å². The van der Waals surface area contributed by atoms with E-state index >= 15 is 0 Å². The van der Waals surface area contributed by atoms with Crippen molar-refractivity contribution in [2.45, 2.75) is 22.8 Å². The van der Waals surface area contributed by atoms with Crippen molar-refractivity contribution in [3.63, 3.8) is 0 Å². The van der Waals surface area contributed by atoms with Gasteiger partial charge in [0.15, 0.2) is 22.7 Å². The van der Waals surface area contributed by atoms with Gasteiger partial charge in [0.25, 0.3) is 15.9 Å². The summed E-state index contributed by atoms with van der Waals surface area (Å²) in [6.45, 7) is 1.62. The van der Waals surface area contributed by atoms with Gasteiger partial charge in [-0.1, -0.05) is 0 Å². The minimum atomic E-state index is -3.75. The molecule has 0 spiro atoms. The predicted molar refractivity (Wildman–Crippen MR) is 123 cm³/mol. The number of aromatic nitrogens is 1. The molecule has 0 bridgehead atoms. The van der Waals surface area contributed by atoms with E-state index in [0.29, 0.717) is 17.2 Å². The molecule has 0 saturated heterocycles. The van der Waals surface area contributed by atoms with E-state index < -0.39 is 16.1 Å². The molecule has 0 fully saturated rings. The summed E-state index contributed by atoms with van der Waals surface area (Å²) in [6.07, 6.45) is 2.66. The highest BCUT2D eigenvalue weighted by Gasteiger charge is 2.19. The SMILES string of the molecule is COc1cc(SC)ccc1OC(C)C(=O)Nc1ccc(S(=O)(=O)Nc2nccs2)cc1. The number of nitrogens with one attached hydrogen (secondary N) is 2. The Bertz CT molecular complexity index is 1130. The number of rotatable bonds is 9. The summed E-state index contributed by atoms with van der Waals surface area (Å²) in [5.74, 6) is 0.610. The van der Waals surface area contributed by atoms with Crippen LogP contribution < -0.4 is 19.5 Å². The first-order valence-electron chi connectivity index (χ1n) is 9.04. The first-order valence-corrected chi connectivity index (χ1v) is 12.6. The molecule has 2 aromatic carbocycles. The number of nitrogens with zero attached hydrogens (tertiary/aromatic N) is 1. The second-order valence-corrected chi connectivity index (χ2v) is 9.69. The molecule has 0 saturated carbocycles. The highest BCUT2D eigenvalue weighted by atomic mass is 32.2. The summed E-state index contributed by atoms with van der Waals surface area (Å²) in [5, 5.41) is 4.67. The molecule has 1 heterocycles. The molecule has 0 aliphatic carbocycles. The fourth-order valence-electron chi connectivity index (χ4n) is 2.53. The Morgan fingerprint density at radius 3 is 2.52 bits per heavy atom. The van der Waals surface area contributed by atoms with Crippen LogP contribution in [0.1, 0.15) is 6.92 Å². The molecule has 0 aliphatic rings. The van der Waals surface area contributed by atoms with Crippen molar-refractivity contribution in [3.05, 3.63) is 54.0 Å². The van der Waals surface area contributed by atoms with Crippen LogP contribution in [0, 0.1) is 0 Å². The second-order valence-electron chi connectivity index (χ2n) is 6.23. The molecule has 164 valence electrons. The number of benzene rings is 2. The molecule has 1 atom stereocenters. The van der Waals surface area contributed by atoms with Crippen molar-refractivity contribution in [2.75, 3.05) is 23.4 Å². The average Bonchev–Trinajstić information content (AvgIpc) is 3.26. The fourth-order valence-corrected chi connectivity index (χ4v) is 4.74. The molecule has 3 rings (SSSR count). The highest BCUT2D eigenvalue weighted by molar-refractivity contribution is 7.98. The lowest BCUT2D eigenvalue weighted by Gasteiger charge is -2.17. The number of anilines is 2. The van der Waals surface area contributed by atoms with Gasteiger partial charge in [-0.2, -0.15) is 0 Å². The maximum atomic E-state index is 12.5. The van der Waals surface area contributed by atoms with Crippen LogP contribution in [0.2, 0.25) is 0 Å². The Balaban J connectivity index is 1.64. The second kappa shape index (κ2) is 10.0. The maximum absolute atomic E-state index is 12.5. The lowest BCUT2D eigenvalue weighted by molar-refractivity contribution is -0.122. The van der Waals surface area contributed by atoms with Gasteiger partial charge >= 0.3 is 0 Å². The number of carbonyl (C=O) groups is 1. The van der Waals surface area contributed by atoms with Crippen LogP contribution in [0.3, 0.4) is 0 Å². The Hall–Kier alpha value is -2.76. The number of ether oxygens (including phenoxy) is 2. The minimum absolute atomic E-state index is 0.0589. The maximum Gasteiger partial charge on any atom is 0.265 e. The third-order valence-corrected chi connectivity index (χ3v) is 7.03. The number of thiazole rings is 1. The predicted octanol–water partition coefficient (Wildman–Crippen LogP) is 4.08. The lowest BCUT2D eigenvalue weighted by Crippen LogP contribution is -2.30. The summed E-state index contributed by atoms with van der Waals surface area (Å²) in [7, 11) is -2.22. The van der Waals surface area contributed by atoms with Gasteiger partial charge in [-0.3, -0.25) is 9.52 Å². The van der Waals surface area contributed by atoms with Crippen LogP contribution >= 0.6 is 23.1 Å². The van der Waals surface area contributed by atoms with Gasteiger partial charge < -0.3 is 14.8 Å². The van der Waals surface area contributed by atoms with E-state index in [-0.39, 0.29) is 15.9 Å². The molecule has 1 amide bonds. The number of sulfonamides is 1. The van der Waals surface area contributed by atoms with Crippen LogP contribution in [0.15, 0.2) is 63.8 Å². The quantitative estimate of drug-likeness (QED) is 0.445.